The molecule has 9 heteroatoms. The molecule has 7 nitrogen and oxygen atoms in total. The van der Waals surface area contributed by atoms with E-state index in [1.807, 2.05) is 6.07 Å². The first-order valence-corrected chi connectivity index (χ1v) is 12.9. The number of ether oxygens (including phenoxy) is 1. The SMILES string of the molecule is CCN1CCCC1C(=O)N(C)Cc1cc(F)ccc1SNc1ccc2c(c1C(=O)O)OCC1CC21. The van der Waals surface area contributed by atoms with Crippen molar-refractivity contribution in [3.8, 4) is 5.75 Å². The van der Waals surface area contributed by atoms with E-state index in [0.717, 1.165) is 42.8 Å². The van der Waals surface area contributed by atoms with Gasteiger partial charge in [0, 0.05) is 24.4 Å². The molecule has 0 bridgehead atoms. The number of amides is 1. The van der Waals surface area contributed by atoms with Gasteiger partial charge in [-0.1, -0.05) is 13.0 Å². The molecule has 2 aliphatic heterocycles. The van der Waals surface area contributed by atoms with E-state index in [9.17, 15) is 19.1 Å². The largest absolute Gasteiger partial charge is 0.492 e. The number of rotatable bonds is 8. The number of anilines is 1. The minimum atomic E-state index is -1.05. The van der Waals surface area contributed by atoms with Gasteiger partial charge in [0.1, 0.15) is 17.1 Å². The number of carbonyl (C=O) groups is 2. The Hall–Kier alpha value is -2.78. The van der Waals surface area contributed by atoms with Gasteiger partial charge in [-0.2, -0.15) is 0 Å². The monoisotopic (exact) mass is 499 g/mol. The molecule has 2 N–H and O–H groups in total. The van der Waals surface area contributed by atoms with Crippen LogP contribution >= 0.6 is 11.9 Å². The van der Waals surface area contributed by atoms with Crippen molar-refractivity contribution >= 4 is 29.5 Å². The molecule has 5 rings (SSSR count). The Bertz CT molecular complexity index is 1160. The summed E-state index contributed by atoms with van der Waals surface area (Å²) in [5.41, 5.74) is 2.18. The molecule has 1 saturated carbocycles. The number of fused-ring (bicyclic) bond motifs is 3. The van der Waals surface area contributed by atoms with Crippen LogP contribution in [0.1, 0.15) is 53.6 Å². The Labute approximate surface area is 208 Å². The zero-order valence-corrected chi connectivity index (χ0v) is 20.7. The summed E-state index contributed by atoms with van der Waals surface area (Å²) in [5.74, 6) is -0.0647. The van der Waals surface area contributed by atoms with Crippen LogP contribution < -0.4 is 9.46 Å². The van der Waals surface area contributed by atoms with E-state index in [1.54, 1.807) is 24.1 Å². The third-order valence-corrected chi connectivity index (χ3v) is 8.24. The summed E-state index contributed by atoms with van der Waals surface area (Å²) in [6, 6.07) is 8.03. The van der Waals surface area contributed by atoms with Gasteiger partial charge in [0.15, 0.2) is 0 Å². The number of carboxylic acid groups (broad SMARTS) is 1. The quantitative estimate of drug-likeness (QED) is 0.515. The van der Waals surface area contributed by atoms with Gasteiger partial charge in [-0.25, -0.2) is 9.18 Å². The molecule has 2 aromatic rings. The highest BCUT2D eigenvalue weighted by molar-refractivity contribution is 8.00. The molecule has 3 aliphatic rings. The van der Waals surface area contributed by atoms with Crippen LogP contribution in [0.15, 0.2) is 35.2 Å². The van der Waals surface area contributed by atoms with Crippen LogP contribution in [-0.4, -0.2) is 59.6 Å². The second-order valence-electron chi connectivity index (χ2n) is 9.56. The molecule has 1 amide bonds. The summed E-state index contributed by atoms with van der Waals surface area (Å²) >= 11 is 1.21. The maximum atomic E-state index is 14.1. The van der Waals surface area contributed by atoms with Crippen LogP contribution in [0.25, 0.3) is 0 Å². The van der Waals surface area contributed by atoms with Crippen LogP contribution in [0.5, 0.6) is 5.75 Å². The summed E-state index contributed by atoms with van der Waals surface area (Å²) in [4.78, 5) is 29.7. The predicted octanol–water partition coefficient (Wildman–Crippen LogP) is 4.58. The number of halogens is 1. The van der Waals surface area contributed by atoms with Crippen LogP contribution in [0.4, 0.5) is 10.1 Å². The average molecular weight is 500 g/mol. The van der Waals surface area contributed by atoms with Crippen molar-refractivity contribution in [3.05, 3.63) is 52.8 Å². The number of aromatic carboxylic acids is 1. The smallest absolute Gasteiger partial charge is 0.341 e. The van der Waals surface area contributed by atoms with Gasteiger partial charge < -0.3 is 19.5 Å². The first kappa shape index (κ1) is 23.9. The van der Waals surface area contributed by atoms with E-state index in [-0.39, 0.29) is 29.9 Å². The Kier molecular flexibility index (Phi) is 6.63. The summed E-state index contributed by atoms with van der Waals surface area (Å²) in [6.07, 6.45) is 2.87. The first-order valence-electron chi connectivity index (χ1n) is 12.1. The van der Waals surface area contributed by atoms with E-state index in [0.29, 0.717) is 35.4 Å². The minimum absolute atomic E-state index is 0.0379. The van der Waals surface area contributed by atoms with Crippen molar-refractivity contribution in [3.63, 3.8) is 0 Å². The van der Waals surface area contributed by atoms with E-state index in [1.165, 1.54) is 24.1 Å². The molecule has 0 aromatic heterocycles. The summed E-state index contributed by atoms with van der Waals surface area (Å²) in [5, 5.41) is 9.91. The van der Waals surface area contributed by atoms with Gasteiger partial charge in [0.05, 0.1) is 18.3 Å². The minimum Gasteiger partial charge on any atom is -0.492 e. The lowest BCUT2D eigenvalue weighted by molar-refractivity contribution is -0.135. The molecule has 35 heavy (non-hydrogen) atoms. The summed E-state index contributed by atoms with van der Waals surface area (Å²) in [7, 11) is 1.75. The third-order valence-electron chi connectivity index (χ3n) is 7.30. The average Bonchev–Trinajstić information content (AvgIpc) is 3.49. The van der Waals surface area contributed by atoms with E-state index in [4.69, 9.17) is 4.74 Å². The van der Waals surface area contributed by atoms with E-state index < -0.39 is 5.97 Å². The molecule has 0 radical (unpaired) electrons. The molecular weight excluding hydrogens is 469 g/mol. The number of nitrogens with one attached hydrogen (secondary N) is 1. The number of carboxylic acids is 1. The highest BCUT2D eigenvalue weighted by atomic mass is 32.2. The lowest BCUT2D eigenvalue weighted by atomic mass is 10.0. The van der Waals surface area contributed by atoms with Gasteiger partial charge in [-0.05, 0) is 85.6 Å². The number of benzene rings is 2. The third kappa shape index (κ3) is 4.71. The summed E-state index contributed by atoms with van der Waals surface area (Å²) in [6.45, 7) is 4.61. The van der Waals surface area contributed by atoms with Crippen molar-refractivity contribution in [1.82, 2.24) is 9.80 Å². The second-order valence-corrected chi connectivity index (χ2v) is 10.4. The number of hydrogen-bond donors (Lipinski definition) is 2. The molecule has 2 fully saturated rings. The highest BCUT2D eigenvalue weighted by Gasteiger charge is 2.45. The van der Waals surface area contributed by atoms with Crippen LogP contribution in [0.3, 0.4) is 0 Å². The fourth-order valence-electron chi connectivity index (χ4n) is 5.30. The molecule has 3 unspecified atom stereocenters. The lowest BCUT2D eigenvalue weighted by Gasteiger charge is -2.27. The molecule has 3 atom stereocenters. The topological polar surface area (TPSA) is 82.1 Å². The number of nitrogens with zero attached hydrogens (tertiary/aromatic N) is 2. The lowest BCUT2D eigenvalue weighted by Crippen LogP contribution is -2.43. The number of likely N-dealkylation sites (N-methyl/N-ethyl adjacent to an activating group) is 2. The van der Waals surface area contributed by atoms with E-state index in [2.05, 4.69) is 16.5 Å². The molecule has 186 valence electrons. The van der Waals surface area contributed by atoms with Gasteiger partial charge in [0.2, 0.25) is 5.91 Å². The Balaban J connectivity index is 1.34. The molecule has 0 spiro atoms. The fourth-order valence-corrected chi connectivity index (χ4v) is 6.08. The molecule has 2 heterocycles. The number of hydrogen-bond acceptors (Lipinski definition) is 6. The van der Waals surface area contributed by atoms with Crippen molar-refractivity contribution in [2.24, 2.45) is 5.92 Å². The predicted molar refractivity (Wildman–Crippen MR) is 132 cm³/mol. The van der Waals surface area contributed by atoms with Gasteiger partial charge in [-0.3, -0.25) is 9.69 Å². The van der Waals surface area contributed by atoms with Crippen LogP contribution in [0.2, 0.25) is 0 Å². The number of likely N-dealkylation sites (tertiary alicyclic amines) is 1. The molecule has 1 aliphatic carbocycles. The Morgan fingerprint density at radius 3 is 2.91 bits per heavy atom. The zero-order chi connectivity index (χ0) is 24.7. The van der Waals surface area contributed by atoms with Crippen molar-refractivity contribution in [2.45, 2.75) is 49.6 Å². The van der Waals surface area contributed by atoms with Gasteiger partial charge >= 0.3 is 5.97 Å². The second kappa shape index (κ2) is 9.70. The first-order chi connectivity index (χ1) is 16.9. The van der Waals surface area contributed by atoms with Crippen molar-refractivity contribution in [1.29, 1.82) is 0 Å². The van der Waals surface area contributed by atoms with Gasteiger partial charge in [-0.15, -0.1) is 0 Å². The summed E-state index contributed by atoms with van der Waals surface area (Å²) < 4.78 is 23.1. The zero-order valence-electron chi connectivity index (χ0n) is 19.9. The Morgan fingerprint density at radius 1 is 1.31 bits per heavy atom. The van der Waals surface area contributed by atoms with Crippen LogP contribution in [0, 0.1) is 11.7 Å². The van der Waals surface area contributed by atoms with Crippen molar-refractivity contribution in [2.75, 3.05) is 31.5 Å². The highest BCUT2D eigenvalue weighted by Crippen LogP contribution is 2.55. The fraction of sp³-hybridized carbons (Fsp3) is 0.462. The molecule has 1 saturated heterocycles. The Morgan fingerprint density at radius 2 is 2.14 bits per heavy atom. The number of carbonyl (C=O) groups excluding carboxylic acids is 1. The maximum absolute atomic E-state index is 14.1. The standard InChI is InChI=1S/C26H30FN3O4S/c1-3-30-10-4-5-21(30)25(31)29(2)13-15-11-17(27)6-9-22(15)35-28-20-8-7-18-19-12-16(19)14-34-24(18)23(20)26(32)33/h6-9,11,16,19,21,28H,3-5,10,12-14H2,1-2H3,(H,32,33). The van der Waals surface area contributed by atoms with Gasteiger partial charge in [0.25, 0.3) is 0 Å². The van der Waals surface area contributed by atoms with E-state index >= 15 is 0 Å². The normalized spacial score (nSPS) is 22.7. The van der Waals surface area contributed by atoms with Crippen LogP contribution in [-0.2, 0) is 11.3 Å². The van der Waals surface area contributed by atoms with Crippen molar-refractivity contribution < 1.29 is 23.8 Å². The molecular formula is C26H30FN3O4S. The maximum Gasteiger partial charge on any atom is 0.341 e. The molecule has 2 aromatic carbocycles.